The van der Waals surface area contributed by atoms with Crippen LogP contribution in [0.1, 0.15) is 24.0 Å². The second kappa shape index (κ2) is 7.90. The van der Waals surface area contributed by atoms with E-state index in [0.717, 1.165) is 18.4 Å². The van der Waals surface area contributed by atoms with Crippen LogP contribution in [-0.4, -0.2) is 40.6 Å². The van der Waals surface area contributed by atoms with Gasteiger partial charge < -0.3 is 10.1 Å². The number of sulfonamides is 1. The Hall–Kier alpha value is -1.44. The molecule has 7 heteroatoms. The average Bonchev–Trinajstić information content (AvgIpc) is 2.54. The van der Waals surface area contributed by atoms with Gasteiger partial charge in [-0.1, -0.05) is 12.1 Å². The van der Waals surface area contributed by atoms with E-state index < -0.39 is 10.0 Å². The normalized spacial score (nSPS) is 16.3. The van der Waals surface area contributed by atoms with Crippen LogP contribution in [0.3, 0.4) is 0 Å². The van der Waals surface area contributed by atoms with Gasteiger partial charge in [-0.3, -0.25) is 4.79 Å². The van der Waals surface area contributed by atoms with Crippen molar-refractivity contribution in [3.8, 4) is 0 Å². The Morgan fingerprint density at radius 2 is 1.91 bits per heavy atom. The maximum Gasteiger partial charge on any atom is 0.240 e. The van der Waals surface area contributed by atoms with Crippen molar-refractivity contribution in [1.82, 2.24) is 10.0 Å². The molecule has 0 atom stereocenters. The van der Waals surface area contributed by atoms with Crippen molar-refractivity contribution in [1.29, 1.82) is 0 Å². The topological polar surface area (TPSA) is 84.5 Å². The van der Waals surface area contributed by atoms with Crippen molar-refractivity contribution < 1.29 is 17.9 Å². The van der Waals surface area contributed by atoms with E-state index in [0.29, 0.717) is 18.8 Å². The quantitative estimate of drug-likeness (QED) is 0.760. The molecule has 128 valence electrons. The number of carbonyl (C=O) groups is 1. The molecule has 23 heavy (non-hydrogen) atoms. The van der Waals surface area contributed by atoms with Crippen LogP contribution in [0, 0.1) is 19.8 Å². The summed E-state index contributed by atoms with van der Waals surface area (Å²) in [5, 5.41) is 2.78. The second-order valence-corrected chi connectivity index (χ2v) is 7.58. The zero-order valence-electron chi connectivity index (χ0n) is 13.6. The molecule has 0 bridgehead atoms. The van der Waals surface area contributed by atoms with Gasteiger partial charge in [0.15, 0.2) is 0 Å². The number of ether oxygens (including phenoxy) is 1. The molecule has 1 saturated heterocycles. The first-order valence-corrected chi connectivity index (χ1v) is 9.31. The van der Waals surface area contributed by atoms with Crippen LogP contribution in [0.5, 0.6) is 0 Å². The molecular weight excluding hydrogens is 316 g/mol. The number of carbonyl (C=O) groups excluding carboxylic acids is 1. The van der Waals surface area contributed by atoms with Crippen molar-refractivity contribution in [2.24, 2.45) is 5.92 Å². The Morgan fingerprint density at radius 3 is 2.61 bits per heavy atom. The van der Waals surface area contributed by atoms with E-state index in [2.05, 4.69) is 10.0 Å². The van der Waals surface area contributed by atoms with Gasteiger partial charge in [0, 0.05) is 32.2 Å². The molecule has 1 amide bonds. The van der Waals surface area contributed by atoms with Crippen LogP contribution in [0.25, 0.3) is 0 Å². The largest absolute Gasteiger partial charge is 0.381 e. The summed E-state index contributed by atoms with van der Waals surface area (Å²) in [6, 6.07) is 5.32. The highest BCUT2D eigenvalue weighted by molar-refractivity contribution is 7.89. The Morgan fingerprint density at radius 1 is 1.22 bits per heavy atom. The number of hydrogen-bond donors (Lipinski definition) is 2. The molecule has 0 unspecified atom stereocenters. The summed E-state index contributed by atoms with van der Waals surface area (Å²) in [4.78, 5) is 12.2. The summed E-state index contributed by atoms with van der Waals surface area (Å²) < 4.78 is 32.4. The summed E-state index contributed by atoms with van der Waals surface area (Å²) in [6.07, 6.45) is 1.44. The number of benzene rings is 1. The smallest absolute Gasteiger partial charge is 0.240 e. The first-order valence-electron chi connectivity index (χ1n) is 7.82. The molecule has 0 spiro atoms. The highest BCUT2D eigenvalue weighted by Gasteiger charge is 2.21. The lowest BCUT2D eigenvalue weighted by atomic mass is 9.99. The summed E-state index contributed by atoms with van der Waals surface area (Å²) in [5.74, 6) is -0.0568. The van der Waals surface area contributed by atoms with E-state index >= 15 is 0 Å². The summed E-state index contributed by atoms with van der Waals surface area (Å²) >= 11 is 0. The van der Waals surface area contributed by atoms with E-state index in [1.165, 1.54) is 0 Å². The van der Waals surface area contributed by atoms with Crippen LogP contribution in [-0.2, 0) is 19.6 Å². The van der Waals surface area contributed by atoms with Crippen molar-refractivity contribution in [2.45, 2.75) is 31.6 Å². The van der Waals surface area contributed by atoms with Gasteiger partial charge in [-0.05, 0) is 43.9 Å². The molecule has 0 aliphatic carbocycles. The molecule has 0 radical (unpaired) electrons. The monoisotopic (exact) mass is 340 g/mol. The van der Waals surface area contributed by atoms with E-state index in [1.54, 1.807) is 19.1 Å². The van der Waals surface area contributed by atoms with Gasteiger partial charge >= 0.3 is 0 Å². The standard InChI is InChI=1S/C16H24N2O4S/c1-12-3-4-13(2)15(11-12)23(20,21)18-8-7-17-16(19)14-5-9-22-10-6-14/h3-4,11,14,18H,5-10H2,1-2H3,(H,17,19). The van der Waals surface area contributed by atoms with Crippen LogP contribution in [0.15, 0.2) is 23.1 Å². The minimum atomic E-state index is -3.56. The molecule has 1 aliphatic rings. The molecule has 1 aromatic carbocycles. The van der Waals surface area contributed by atoms with E-state index in [1.807, 2.05) is 13.0 Å². The third kappa shape index (κ3) is 5.02. The molecule has 0 saturated carbocycles. The zero-order chi connectivity index (χ0) is 16.9. The molecule has 6 nitrogen and oxygen atoms in total. The van der Waals surface area contributed by atoms with Gasteiger partial charge in [0.05, 0.1) is 4.90 Å². The number of rotatable bonds is 6. The number of nitrogens with one attached hydrogen (secondary N) is 2. The fraction of sp³-hybridized carbons (Fsp3) is 0.562. The molecule has 2 rings (SSSR count). The predicted octanol–water partition coefficient (Wildman–Crippen LogP) is 1.12. The van der Waals surface area contributed by atoms with Gasteiger partial charge in [0.2, 0.25) is 15.9 Å². The number of hydrogen-bond acceptors (Lipinski definition) is 4. The van der Waals surface area contributed by atoms with Gasteiger partial charge in [0.1, 0.15) is 0 Å². The lowest BCUT2D eigenvalue weighted by Gasteiger charge is -2.21. The highest BCUT2D eigenvalue weighted by atomic mass is 32.2. The van der Waals surface area contributed by atoms with E-state index in [-0.39, 0.29) is 29.8 Å². The van der Waals surface area contributed by atoms with Crippen LogP contribution >= 0.6 is 0 Å². The summed E-state index contributed by atoms with van der Waals surface area (Å²) in [6.45, 7) is 5.28. The van der Waals surface area contributed by atoms with E-state index in [9.17, 15) is 13.2 Å². The lowest BCUT2D eigenvalue weighted by Crippen LogP contribution is -2.39. The zero-order valence-corrected chi connectivity index (χ0v) is 14.4. The third-order valence-electron chi connectivity index (χ3n) is 3.94. The third-order valence-corrected chi connectivity index (χ3v) is 5.54. The lowest BCUT2D eigenvalue weighted by molar-refractivity contribution is -0.127. The van der Waals surface area contributed by atoms with Gasteiger partial charge in [-0.25, -0.2) is 13.1 Å². The molecule has 0 aromatic heterocycles. The second-order valence-electron chi connectivity index (χ2n) is 5.84. The number of amides is 1. The summed E-state index contributed by atoms with van der Waals surface area (Å²) in [5.41, 5.74) is 1.60. The van der Waals surface area contributed by atoms with Crippen LogP contribution in [0.4, 0.5) is 0 Å². The van der Waals surface area contributed by atoms with Gasteiger partial charge in [-0.15, -0.1) is 0 Å². The first-order chi connectivity index (χ1) is 10.9. The van der Waals surface area contributed by atoms with Crippen molar-refractivity contribution in [3.63, 3.8) is 0 Å². The Bertz CT molecular complexity index is 652. The molecule has 1 aromatic rings. The fourth-order valence-corrected chi connectivity index (χ4v) is 3.91. The SMILES string of the molecule is Cc1ccc(C)c(S(=O)(=O)NCCNC(=O)C2CCOCC2)c1. The Balaban J connectivity index is 1.83. The Kier molecular flexibility index (Phi) is 6.15. The molecular formula is C16H24N2O4S. The molecule has 1 fully saturated rings. The summed E-state index contributed by atoms with van der Waals surface area (Å²) in [7, 11) is -3.56. The maximum atomic E-state index is 12.3. The minimum Gasteiger partial charge on any atom is -0.381 e. The fourth-order valence-electron chi connectivity index (χ4n) is 2.55. The van der Waals surface area contributed by atoms with Crippen molar-refractivity contribution in [3.05, 3.63) is 29.3 Å². The van der Waals surface area contributed by atoms with Gasteiger partial charge in [0.25, 0.3) is 0 Å². The van der Waals surface area contributed by atoms with Gasteiger partial charge in [-0.2, -0.15) is 0 Å². The molecule has 2 N–H and O–H groups in total. The average molecular weight is 340 g/mol. The first kappa shape index (κ1) is 17.9. The molecule has 1 aliphatic heterocycles. The van der Waals surface area contributed by atoms with E-state index in [4.69, 9.17) is 4.74 Å². The molecule has 1 heterocycles. The van der Waals surface area contributed by atoms with Crippen molar-refractivity contribution >= 4 is 15.9 Å². The minimum absolute atomic E-state index is 0.0284. The highest BCUT2D eigenvalue weighted by Crippen LogP contribution is 2.16. The number of aryl methyl sites for hydroxylation is 2. The predicted molar refractivity (Wildman–Crippen MR) is 87.7 cm³/mol. The van der Waals surface area contributed by atoms with Crippen LogP contribution < -0.4 is 10.0 Å². The van der Waals surface area contributed by atoms with Crippen LogP contribution in [0.2, 0.25) is 0 Å². The maximum absolute atomic E-state index is 12.3. The Labute approximate surface area is 137 Å². The van der Waals surface area contributed by atoms with Crippen molar-refractivity contribution in [2.75, 3.05) is 26.3 Å².